The van der Waals surface area contributed by atoms with Gasteiger partial charge in [0.2, 0.25) is 0 Å². The van der Waals surface area contributed by atoms with Crippen LogP contribution >= 0.6 is 0 Å². The Bertz CT molecular complexity index is 655. The van der Waals surface area contributed by atoms with Crippen LogP contribution in [0.5, 0.6) is 0 Å². The van der Waals surface area contributed by atoms with E-state index in [-0.39, 0.29) is 21.1 Å². The highest BCUT2D eigenvalue weighted by molar-refractivity contribution is 6.82. The number of hydrogen-bond donors (Lipinski definition) is 2. The van der Waals surface area contributed by atoms with Gasteiger partial charge >= 0.3 is 0 Å². The second-order valence-corrected chi connectivity index (χ2v) is 26.2. The molecule has 0 aromatic rings. The SMILES string of the molecule is CCC(C)(CC[Si](C)(C)C(C)(CC)O[Si](C)(C)C(C)(C)CCC(C)(C)CC(C)(C)O)CC(C)(C)O. The minimum Gasteiger partial charge on any atom is -0.414 e. The first-order valence-corrected chi connectivity index (χ1v) is 20.4. The second kappa shape index (κ2) is 11.6. The molecule has 2 unspecified atom stereocenters. The van der Waals surface area contributed by atoms with E-state index in [4.69, 9.17) is 4.43 Å². The highest BCUT2D eigenvalue weighted by Gasteiger charge is 2.51. The van der Waals surface area contributed by atoms with Gasteiger partial charge < -0.3 is 14.6 Å². The molecule has 0 aromatic heterocycles. The van der Waals surface area contributed by atoms with Gasteiger partial charge in [-0.05, 0) is 95.7 Å². The first-order chi connectivity index (χ1) is 15.2. The van der Waals surface area contributed by atoms with Crippen LogP contribution in [0.25, 0.3) is 0 Å². The van der Waals surface area contributed by atoms with Gasteiger partial charge in [0, 0.05) is 5.22 Å². The van der Waals surface area contributed by atoms with E-state index >= 15 is 0 Å². The summed E-state index contributed by atoms with van der Waals surface area (Å²) in [6.07, 6.45) is 7.18. The van der Waals surface area contributed by atoms with E-state index in [9.17, 15) is 10.2 Å². The van der Waals surface area contributed by atoms with Gasteiger partial charge in [-0.1, -0.05) is 80.4 Å². The third-order valence-electron chi connectivity index (χ3n) is 9.62. The summed E-state index contributed by atoms with van der Waals surface area (Å²) in [6.45, 7) is 36.4. The number of rotatable bonds is 16. The molecule has 0 saturated carbocycles. The molecule has 0 aromatic carbocycles. The Hall–Kier alpha value is 0.314. The van der Waals surface area contributed by atoms with Crippen molar-refractivity contribution in [1.82, 2.24) is 0 Å². The minimum atomic E-state index is -2.04. The predicted octanol–water partition coefficient (Wildman–Crippen LogP) is 9.34. The van der Waals surface area contributed by atoms with E-state index in [1.165, 1.54) is 6.04 Å². The molecule has 35 heavy (non-hydrogen) atoms. The molecule has 0 bridgehead atoms. The van der Waals surface area contributed by atoms with Crippen molar-refractivity contribution in [3.63, 3.8) is 0 Å². The molecule has 0 aliphatic rings. The second-order valence-electron chi connectivity index (χ2n) is 16.3. The maximum atomic E-state index is 10.5. The summed E-state index contributed by atoms with van der Waals surface area (Å²) in [4.78, 5) is 0. The lowest BCUT2D eigenvalue weighted by molar-refractivity contribution is 0.0231. The average Bonchev–Trinajstić information content (AvgIpc) is 2.61. The van der Waals surface area contributed by atoms with Crippen molar-refractivity contribution >= 4 is 16.4 Å². The van der Waals surface area contributed by atoms with Crippen LogP contribution in [0.1, 0.15) is 128 Å². The maximum absolute atomic E-state index is 10.5. The maximum Gasteiger partial charge on any atom is 0.192 e. The van der Waals surface area contributed by atoms with Gasteiger partial charge in [-0.25, -0.2) is 0 Å². The molecular weight excluding hydrogens is 464 g/mol. The van der Waals surface area contributed by atoms with E-state index in [0.29, 0.717) is 0 Å². The molecule has 2 atom stereocenters. The van der Waals surface area contributed by atoms with Gasteiger partial charge in [-0.2, -0.15) is 0 Å². The molecule has 0 spiro atoms. The van der Waals surface area contributed by atoms with Gasteiger partial charge in [0.05, 0.1) is 19.3 Å². The van der Waals surface area contributed by atoms with E-state index < -0.39 is 27.6 Å². The zero-order chi connectivity index (χ0) is 28.4. The molecule has 5 heteroatoms. The lowest BCUT2D eigenvalue weighted by Crippen LogP contribution is -2.60. The minimum absolute atomic E-state index is 0.0635. The van der Waals surface area contributed by atoms with Crippen molar-refractivity contribution in [2.75, 3.05) is 0 Å². The van der Waals surface area contributed by atoms with Crippen LogP contribution in [0, 0.1) is 10.8 Å². The topological polar surface area (TPSA) is 49.7 Å². The Balaban J connectivity index is 5.63. The Morgan fingerprint density at radius 3 is 1.46 bits per heavy atom. The van der Waals surface area contributed by atoms with Crippen LogP contribution in [-0.2, 0) is 4.43 Å². The van der Waals surface area contributed by atoms with Crippen LogP contribution in [-0.4, -0.2) is 43.0 Å². The van der Waals surface area contributed by atoms with E-state index in [1.807, 2.05) is 27.7 Å². The van der Waals surface area contributed by atoms with Crippen molar-refractivity contribution in [2.45, 2.75) is 182 Å². The summed E-state index contributed by atoms with van der Waals surface area (Å²) in [6, 6.07) is 1.22. The molecule has 2 N–H and O–H groups in total. The molecule has 0 aliphatic carbocycles. The molecule has 0 fully saturated rings. The summed E-state index contributed by atoms with van der Waals surface area (Å²) in [5.74, 6) is 0. The molecule has 0 heterocycles. The molecule has 0 rings (SSSR count). The van der Waals surface area contributed by atoms with Crippen molar-refractivity contribution < 1.29 is 14.6 Å². The Morgan fingerprint density at radius 1 is 0.629 bits per heavy atom. The quantitative estimate of drug-likeness (QED) is 0.195. The Labute approximate surface area is 223 Å². The largest absolute Gasteiger partial charge is 0.414 e. The fourth-order valence-electron chi connectivity index (χ4n) is 5.91. The fraction of sp³-hybridized carbons (Fsp3) is 1.00. The third kappa shape index (κ3) is 11.3. The molecular formula is C30H66O3Si2. The number of aliphatic hydroxyl groups is 2. The van der Waals surface area contributed by atoms with Crippen LogP contribution < -0.4 is 0 Å². The third-order valence-corrected chi connectivity index (χ3v) is 19.1. The van der Waals surface area contributed by atoms with Crippen molar-refractivity contribution in [3.05, 3.63) is 0 Å². The lowest BCUT2D eigenvalue weighted by Gasteiger charge is -2.52. The Kier molecular flexibility index (Phi) is 11.7. The van der Waals surface area contributed by atoms with Gasteiger partial charge in [-0.15, -0.1) is 0 Å². The monoisotopic (exact) mass is 530 g/mol. The summed E-state index contributed by atoms with van der Waals surface area (Å²) >= 11 is 0. The van der Waals surface area contributed by atoms with Crippen LogP contribution in [0.15, 0.2) is 0 Å². The summed E-state index contributed by atoms with van der Waals surface area (Å²) in [7, 11) is -3.79. The van der Waals surface area contributed by atoms with Crippen LogP contribution in [0.2, 0.25) is 37.3 Å². The van der Waals surface area contributed by atoms with E-state index in [1.54, 1.807) is 0 Å². The summed E-state index contributed by atoms with van der Waals surface area (Å²) in [5, 5.41) is 21.0. The van der Waals surface area contributed by atoms with E-state index in [2.05, 4.69) is 81.6 Å². The molecule has 0 aliphatic heterocycles. The fourth-order valence-corrected chi connectivity index (χ4v) is 12.8. The normalized spacial score (nSPS) is 18.3. The first-order valence-electron chi connectivity index (χ1n) is 14.3. The highest BCUT2D eigenvalue weighted by atomic mass is 28.4. The van der Waals surface area contributed by atoms with Crippen LogP contribution in [0.3, 0.4) is 0 Å². The van der Waals surface area contributed by atoms with Gasteiger partial charge in [0.25, 0.3) is 0 Å². The standard InChI is InChI=1S/C30H66O3Si2/c1-17-29(11,24-27(7,8)32)21-22-34(13,14)30(12,18-2)33-35(15,16)28(9,10)20-19-25(3,4)23-26(5,6)31/h31-32H,17-24H2,1-16H3. The molecule has 0 saturated heterocycles. The molecule has 212 valence electrons. The zero-order valence-corrected chi connectivity index (χ0v) is 29.0. The van der Waals surface area contributed by atoms with Gasteiger partial charge in [0.1, 0.15) is 0 Å². The first kappa shape index (κ1) is 35.3. The molecule has 0 amide bonds. The Morgan fingerprint density at radius 2 is 1.09 bits per heavy atom. The highest BCUT2D eigenvalue weighted by Crippen LogP contribution is 2.49. The van der Waals surface area contributed by atoms with Crippen molar-refractivity contribution in [2.24, 2.45) is 10.8 Å². The predicted molar refractivity (Wildman–Crippen MR) is 161 cm³/mol. The van der Waals surface area contributed by atoms with Crippen molar-refractivity contribution in [3.8, 4) is 0 Å². The molecule has 3 nitrogen and oxygen atoms in total. The summed E-state index contributed by atoms with van der Waals surface area (Å²) in [5.41, 5.74) is -0.993. The summed E-state index contributed by atoms with van der Waals surface area (Å²) < 4.78 is 7.37. The van der Waals surface area contributed by atoms with Gasteiger partial charge in [-0.3, -0.25) is 0 Å². The van der Waals surface area contributed by atoms with E-state index in [0.717, 1.165) is 44.9 Å². The average molecular weight is 531 g/mol. The smallest absolute Gasteiger partial charge is 0.192 e. The van der Waals surface area contributed by atoms with Gasteiger partial charge in [0.15, 0.2) is 8.32 Å². The molecule has 0 radical (unpaired) electrons. The zero-order valence-electron chi connectivity index (χ0n) is 27.0. The lowest BCUT2D eigenvalue weighted by atomic mass is 9.76. The van der Waals surface area contributed by atoms with Crippen molar-refractivity contribution in [1.29, 1.82) is 0 Å². The van der Waals surface area contributed by atoms with Crippen LogP contribution in [0.4, 0.5) is 0 Å². The number of hydrogen-bond acceptors (Lipinski definition) is 3.